The van der Waals surface area contributed by atoms with Gasteiger partial charge in [-0.3, -0.25) is 4.79 Å². The standard InChI is InChI=1S/C13H15N5O/c1-18-16-13(15-17-18)7-12(19)10-3-2-9-4-5-14-8-11(9)6-10/h2-3,6,14H,4-5,7-8H2,1H3. The van der Waals surface area contributed by atoms with Crippen molar-refractivity contribution in [3.63, 3.8) is 0 Å². The number of aryl methyl sites for hydroxylation is 1. The summed E-state index contributed by atoms with van der Waals surface area (Å²) in [6.45, 7) is 1.84. The Kier molecular flexibility index (Phi) is 3.08. The zero-order valence-electron chi connectivity index (χ0n) is 10.8. The van der Waals surface area contributed by atoms with Crippen LogP contribution in [0.5, 0.6) is 0 Å². The summed E-state index contributed by atoms with van der Waals surface area (Å²) >= 11 is 0. The van der Waals surface area contributed by atoms with Crippen molar-refractivity contribution in [2.45, 2.75) is 19.4 Å². The third-order valence-electron chi connectivity index (χ3n) is 3.28. The molecule has 2 aromatic rings. The van der Waals surface area contributed by atoms with Crippen molar-refractivity contribution in [3.05, 3.63) is 40.7 Å². The van der Waals surface area contributed by atoms with Gasteiger partial charge in [-0.25, -0.2) is 0 Å². The summed E-state index contributed by atoms with van der Waals surface area (Å²) in [6, 6.07) is 5.91. The number of hydrogen-bond donors (Lipinski definition) is 1. The average Bonchev–Trinajstić information content (AvgIpc) is 2.83. The van der Waals surface area contributed by atoms with Gasteiger partial charge in [-0.05, 0) is 35.4 Å². The molecule has 0 saturated carbocycles. The van der Waals surface area contributed by atoms with Crippen LogP contribution in [0.4, 0.5) is 0 Å². The van der Waals surface area contributed by atoms with Crippen molar-refractivity contribution in [1.29, 1.82) is 0 Å². The Labute approximate surface area is 110 Å². The first-order valence-corrected chi connectivity index (χ1v) is 6.31. The lowest BCUT2D eigenvalue weighted by molar-refractivity contribution is 0.0990. The molecular formula is C13H15N5O. The number of benzene rings is 1. The first-order chi connectivity index (χ1) is 9.22. The summed E-state index contributed by atoms with van der Waals surface area (Å²) in [4.78, 5) is 13.5. The normalized spacial score (nSPS) is 14.2. The summed E-state index contributed by atoms with van der Waals surface area (Å²) in [5, 5.41) is 14.9. The van der Waals surface area contributed by atoms with Crippen LogP contribution in [0.1, 0.15) is 27.3 Å². The smallest absolute Gasteiger partial charge is 0.182 e. The summed E-state index contributed by atoms with van der Waals surface area (Å²) in [6.07, 6.45) is 1.22. The molecule has 1 N–H and O–H groups in total. The van der Waals surface area contributed by atoms with Crippen molar-refractivity contribution in [2.75, 3.05) is 6.54 Å². The number of carbonyl (C=O) groups excluding carboxylic acids is 1. The molecule has 0 bridgehead atoms. The molecule has 0 fully saturated rings. The van der Waals surface area contributed by atoms with Crippen LogP contribution in [0.15, 0.2) is 18.2 Å². The lowest BCUT2D eigenvalue weighted by atomic mass is 9.96. The van der Waals surface area contributed by atoms with Crippen LogP contribution in [-0.2, 0) is 26.4 Å². The Bertz CT molecular complexity index is 619. The number of tetrazole rings is 1. The van der Waals surface area contributed by atoms with Gasteiger partial charge in [-0.15, -0.1) is 10.2 Å². The third kappa shape index (κ3) is 2.53. The van der Waals surface area contributed by atoms with E-state index in [1.165, 1.54) is 15.9 Å². The van der Waals surface area contributed by atoms with E-state index in [-0.39, 0.29) is 12.2 Å². The SMILES string of the molecule is Cn1nnc(CC(=O)c2ccc3c(c2)CNCC3)n1. The van der Waals surface area contributed by atoms with Crippen LogP contribution >= 0.6 is 0 Å². The Hall–Kier alpha value is -2.08. The Morgan fingerprint density at radius 2 is 2.32 bits per heavy atom. The average molecular weight is 257 g/mol. The Morgan fingerprint density at radius 1 is 1.42 bits per heavy atom. The molecule has 6 heteroatoms. The van der Waals surface area contributed by atoms with E-state index in [1.807, 2.05) is 18.2 Å². The quantitative estimate of drug-likeness (QED) is 0.800. The summed E-state index contributed by atoms with van der Waals surface area (Å²) in [5.41, 5.74) is 3.26. The number of rotatable bonds is 3. The lowest BCUT2D eigenvalue weighted by Gasteiger charge is -2.17. The fraction of sp³-hybridized carbons (Fsp3) is 0.385. The van der Waals surface area contributed by atoms with Crippen LogP contribution in [0.25, 0.3) is 0 Å². The molecule has 0 aliphatic carbocycles. The van der Waals surface area contributed by atoms with Gasteiger partial charge < -0.3 is 5.32 Å². The van der Waals surface area contributed by atoms with Gasteiger partial charge in [0, 0.05) is 12.1 Å². The molecular weight excluding hydrogens is 242 g/mol. The van der Waals surface area contributed by atoms with Gasteiger partial charge in [0.15, 0.2) is 11.6 Å². The highest BCUT2D eigenvalue weighted by Crippen LogP contribution is 2.16. The highest BCUT2D eigenvalue weighted by atomic mass is 16.1. The van der Waals surface area contributed by atoms with E-state index in [0.717, 1.165) is 25.1 Å². The number of nitrogens with zero attached hydrogens (tertiary/aromatic N) is 4. The summed E-state index contributed by atoms with van der Waals surface area (Å²) in [7, 11) is 1.69. The molecule has 1 aliphatic rings. The molecule has 0 radical (unpaired) electrons. The molecule has 98 valence electrons. The van der Waals surface area contributed by atoms with Crippen LogP contribution in [0.2, 0.25) is 0 Å². The monoisotopic (exact) mass is 257 g/mol. The van der Waals surface area contributed by atoms with Crippen molar-refractivity contribution < 1.29 is 4.79 Å². The van der Waals surface area contributed by atoms with Gasteiger partial charge in [-0.1, -0.05) is 12.1 Å². The molecule has 0 atom stereocenters. The number of Topliss-reactive ketones (excluding diaryl/α,β-unsaturated/α-hetero) is 1. The minimum Gasteiger partial charge on any atom is -0.312 e. The van der Waals surface area contributed by atoms with Gasteiger partial charge >= 0.3 is 0 Å². The Balaban J connectivity index is 1.80. The molecule has 19 heavy (non-hydrogen) atoms. The van der Waals surface area contributed by atoms with E-state index in [0.29, 0.717) is 5.82 Å². The Morgan fingerprint density at radius 3 is 3.11 bits per heavy atom. The highest BCUT2D eigenvalue weighted by molar-refractivity contribution is 5.97. The zero-order chi connectivity index (χ0) is 13.2. The van der Waals surface area contributed by atoms with E-state index in [2.05, 4.69) is 20.7 Å². The van der Waals surface area contributed by atoms with E-state index >= 15 is 0 Å². The minimum absolute atomic E-state index is 0.0290. The fourth-order valence-electron chi connectivity index (χ4n) is 2.29. The fourth-order valence-corrected chi connectivity index (χ4v) is 2.29. The molecule has 1 aliphatic heterocycles. The molecule has 1 aromatic heterocycles. The molecule has 6 nitrogen and oxygen atoms in total. The minimum atomic E-state index is 0.0290. The van der Waals surface area contributed by atoms with E-state index < -0.39 is 0 Å². The van der Waals surface area contributed by atoms with E-state index in [1.54, 1.807) is 7.05 Å². The topological polar surface area (TPSA) is 72.7 Å². The molecule has 1 aromatic carbocycles. The number of aromatic nitrogens is 4. The maximum atomic E-state index is 12.2. The predicted octanol–water partition coefficient (Wildman–Crippen LogP) is 0.281. The van der Waals surface area contributed by atoms with Crippen LogP contribution in [0.3, 0.4) is 0 Å². The van der Waals surface area contributed by atoms with Gasteiger partial charge in [0.05, 0.1) is 13.5 Å². The van der Waals surface area contributed by atoms with Crippen LogP contribution in [0, 0.1) is 0 Å². The number of fused-ring (bicyclic) bond motifs is 1. The molecule has 3 rings (SSSR count). The maximum Gasteiger partial charge on any atom is 0.182 e. The van der Waals surface area contributed by atoms with Crippen LogP contribution in [-0.4, -0.2) is 32.5 Å². The van der Waals surface area contributed by atoms with Crippen molar-refractivity contribution in [3.8, 4) is 0 Å². The number of ketones is 1. The van der Waals surface area contributed by atoms with Crippen molar-refractivity contribution in [2.24, 2.45) is 7.05 Å². The first kappa shape index (κ1) is 12.0. The van der Waals surface area contributed by atoms with E-state index in [4.69, 9.17) is 0 Å². The predicted molar refractivity (Wildman–Crippen MR) is 68.7 cm³/mol. The molecule has 2 heterocycles. The van der Waals surface area contributed by atoms with Gasteiger partial charge in [0.25, 0.3) is 0 Å². The largest absolute Gasteiger partial charge is 0.312 e. The van der Waals surface area contributed by atoms with Crippen molar-refractivity contribution >= 4 is 5.78 Å². The molecule has 0 spiro atoms. The number of carbonyl (C=O) groups is 1. The highest BCUT2D eigenvalue weighted by Gasteiger charge is 2.14. The zero-order valence-corrected chi connectivity index (χ0v) is 10.8. The molecule has 0 amide bonds. The van der Waals surface area contributed by atoms with Crippen LogP contribution < -0.4 is 5.32 Å². The van der Waals surface area contributed by atoms with Gasteiger partial charge in [0.2, 0.25) is 0 Å². The second-order valence-electron chi connectivity index (χ2n) is 4.71. The first-order valence-electron chi connectivity index (χ1n) is 6.31. The second kappa shape index (κ2) is 4.89. The van der Waals surface area contributed by atoms with Crippen molar-refractivity contribution in [1.82, 2.24) is 25.5 Å². The third-order valence-corrected chi connectivity index (χ3v) is 3.28. The maximum absolute atomic E-state index is 12.2. The lowest BCUT2D eigenvalue weighted by Crippen LogP contribution is -2.24. The van der Waals surface area contributed by atoms with Gasteiger partial charge in [-0.2, -0.15) is 4.80 Å². The summed E-state index contributed by atoms with van der Waals surface area (Å²) < 4.78 is 0. The van der Waals surface area contributed by atoms with E-state index in [9.17, 15) is 4.79 Å². The number of nitrogens with one attached hydrogen (secondary N) is 1. The molecule has 0 saturated heterocycles. The second-order valence-corrected chi connectivity index (χ2v) is 4.71. The number of hydrogen-bond acceptors (Lipinski definition) is 5. The molecule has 0 unspecified atom stereocenters. The summed E-state index contributed by atoms with van der Waals surface area (Å²) in [5.74, 6) is 0.490. The van der Waals surface area contributed by atoms with Gasteiger partial charge in [0.1, 0.15) is 0 Å².